The van der Waals surface area contributed by atoms with E-state index >= 15 is 0 Å². The molecule has 0 aromatic rings. The molecule has 1 N–H and O–H groups in total. The van der Waals surface area contributed by atoms with E-state index < -0.39 is 0 Å². The topological polar surface area (TPSA) is 41.6 Å². The predicted molar refractivity (Wildman–Crippen MR) is 120 cm³/mol. The predicted octanol–water partition coefficient (Wildman–Crippen LogP) is 5.18. The van der Waals surface area contributed by atoms with E-state index in [0.717, 1.165) is 51.7 Å². The zero-order valence-electron chi connectivity index (χ0n) is 19.5. The van der Waals surface area contributed by atoms with Crippen LogP contribution in [0.3, 0.4) is 0 Å². The standard InChI is InChI=1S/C24H46N2O2/c1-23(2,3)14-8-7-10-16-25-21-13-12-17-26(19-21)22(27)20-28-18-11-9-15-24(4,5)6/h7,10,21,25H,8-9,11-20H2,1-6H3/b10-7+. The number of carbonyl (C=O) groups is 1. The Bertz CT molecular complexity index is 460. The highest BCUT2D eigenvalue weighted by Gasteiger charge is 2.23. The lowest BCUT2D eigenvalue weighted by Gasteiger charge is -2.33. The molecule has 4 heteroatoms. The van der Waals surface area contributed by atoms with Gasteiger partial charge in [-0.3, -0.25) is 4.79 Å². The first-order valence-electron chi connectivity index (χ1n) is 11.3. The van der Waals surface area contributed by atoms with Gasteiger partial charge in [-0.2, -0.15) is 0 Å². The normalized spacial score (nSPS) is 18.8. The van der Waals surface area contributed by atoms with Crippen LogP contribution < -0.4 is 5.32 Å². The van der Waals surface area contributed by atoms with Gasteiger partial charge in [-0.25, -0.2) is 0 Å². The molecule has 1 atom stereocenters. The van der Waals surface area contributed by atoms with Gasteiger partial charge in [0.2, 0.25) is 5.91 Å². The summed E-state index contributed by atoms with van der Waals surface area (Å²) in [5.41, 5.74) is 0.782. The molecular weight excluding hydrogens is 348 g/mol. The maximum atomic E-state index is 12.4. The minimum absolute atomic E-state index is 0.142. The molecule has 1 rings (SSSR count). The Labute approximate surface area is 174 Å². The number of rotatable bonds is 11. The minimum atomic E-state index is 0.142. The minimum Gasteiger partial charge on any atom is -0.372 e. The smallest absolute Gasteiger partial charge is 0.248 e. The lowest BCUT2D eigenvalue weighted by molar-refractivity contribution is -0.137. The third kappa shape index (κ3) is 13.3. The summed E-state index contributed by atoms with van der Waals surface area (Å²) in [6.07, 6.45) is 12.5. The van der Waals surface area contributed by atoms with Gasteiger partial charge in [0.15, 0.2) is 0 Å². The van der Waals surface area contributed by atoms with Crippen LogP contribution in [-0.2, 0) is 9.53 Å². The number of piperidine rings is 1. The number of ether oxygens (including phenoxy) is 1. The lowest BCUT2D eigenvalue weighted by Crippen LogP contribution is -2.49. The van der Waals surface area contributed by atoms with Crippen molar-refractivity contribution in [3.05, 3.63) is 12.2 Å². The largest absolute Gasteiger partial charge is 0.372 e. The Kier molecular flexibility index (Phi) is 11.4. The molecule has 0 aromatic carbocycles. The van der Waals surface area contributed by atoms with E-state index in [9.17, 15) is 4.79 Å². The fraction of sp³-hybridized carbons (Fsp3) is 0.875. The molecule has 1 fully saturated rings. The third-order valence-corrected chi connectivity index (χ3v) is 5.22. The second-order valence-corrected chi connectivity index (χ2v) is 10.7. The number of hydrogen-bond donors (Lipinski definition) is 1. The molecule has 4 nitrogen and oxygen atoms in total. The summed E-state index contributed by atoms with van der Waals surface area (Å²) in [4.78, 5) is 14.4. The van der Waals surface area contributed by atoms with Crippen molar-refractivity contribution in [2.75, 3.05) is 32.8 Å². The van der Waals surface area contributed by atoms with Gasteiger partial charge < -0.3 is 15.0 Å². The molecule has 0 radical (unpaired) electrons. The number of hydrogen-bond acceptors (Lipinski definition) is 3. The van der Waals surface area contributed by atoms with Crippen LogP contribution in [0.1, 0.15) is 86.5 Å². The zero-order valence-corrected chi connectivity index (χ0v) is 19.5. The van der Waals surface area contributed by atoms with Crippen molar-refractivity contribution in [1.29, 1.82) is 0 Å². The molecule has 1 unspecified atom stereocenters. The average Bonchev–Trinajstić information content (AvgIpc) is 2.59. The molecule has 1 heterocycles. The van der Waals surface area contributed by atoms with Crippen molar-refractivity contribution >= 4 is 5.91 Å². The average molecular weight is 395 g/mol. The maximum Gasteiger partial charge on any atom is 0.248 e. The molecule has 1 saturated heterocycles. The summed E-state index contributed by atoms with van der Waals surface area (Å²) in [5.74, 6) is 0.142. The first-order chi connectivity index (χ1) is 13.1. The summed E-state index contributed by atoms with van der Waals surface area (Å²) in [5, 5.41) is 3.58. The highest BCUT2D eigenvalue weighted by Crippen LogP contribution is 2.21. The third-order valence-electron chi connectivity index (χ3n) is 5.22. The van der Waals surface area contributed by atoms with Crippen LogP contribution in [0.5, 0.6) is 0 Å². The van der Waals surface area contributed by atoms with Crippen LogP contribution in [0.4, 0.5) is 0 Å². The zero-order chi connectivity index (χ0) is 21.0. The van der Waals surface area contributed by atoms with Gasteiger partial charge in [-0.1, -0.05) is 60.1 Å². The number of nitrogens with zero attached hydrogens (tertiary/aromatic N) is 1. The van der Waals surface area contributed by atoms with Gasteiger partial charge in [-0.05, 0) is 49.4 Å². The number of likely N-dealkylation sites (tertiary alicyclic amines) is 1. The molecule has 1 amide bonds. The second kappa shape index (κ2) is 12.6. The Hall–Kier alpha value is -0.870. The van der Waals surface area contributed by atoms with E-state index in [1.165, 1.54) is 12.8 Å². The number of unbranched alkanes of at least 4 members (excludes halogenated alkanes) is 1. The molecule has 164 valence electrons. The molecule has 0 aliphatic carbocycles. The Morgan fingerprint density at radius 3 is 2.46 bits per heavy atom. The first kappa shape index (κ1) is 25.2. The summed E-state index contributed by atoms with van der Waals surface area (Å²) in [6.45, 7) is 17.1. The van der Waals surface area contributed by atoms with E-state index in [-0.39, 0.29) is 12.5 Å². The summed E-state index contributed by atoms with van der Waals surface area (Å²) < 4.78 is 5.63. The van der Waals surface area contributed by atoms with Crippen molar-refractivity contribution in [1.82, 2.24) is 10.2 Å². The number of carbonyl (C=O) groups excluding carboxylic acids is 1. The summed E-state index contributed by atoms with van der Waals surface area (Å²) >= 11 is 0. The number of allylic oxidation sites excluding steroid dienone is 1. The number of nitrogens with one attached hydrogen (secondary N) is 1. The van der Waals surface area contributed by atoms with Crippen LogP contribution in [0, 0.1) is 10.8 Å². The van der Waals surface area contributed by atoms with Gasteiger partial charge in [0.1, 0.15) is 6.61 Å². The molecule has 1 aliphatic rings. The van der Waals surface area contributed by atoms with Gasteiger partial charge in [-0.15, -0.1) is 0 Å². The van der Waals surface area contributed by atoms with Crippen molar-refractivity contribution in [3.8, 4) is 0 Å². The highest BCUT2D eigenvalue weighted by atomic mass is 16.5. The fourth-order valence-corrected chi connectivity index (χ4v) is 3.43. The molecule has 0 saturated carbocycles. The van der Waals surface area contributed by atoms with Crippen molar-refractivity contribution in [3.63, 3.8) is 0 Å². The summed E-state index contributed by atoms with van der Waals surface area (Å²) in [7, 11) is 0. The molecule has 0 spiro atoms. The van der Waals surface area contributed by atoms with Crippen LogP contribution in [0.15, 0.2) is 12.2 Å². The van der Waals surface area contributed by atoms with Gasteiger partial charge >= 0.3 is 0 Å². The highest BCUT2D eigenvalue weighted by molar-refractivity contribution is 5.77. The fourth-order valence-electron chi connectivity index (χ4n) is 3.43. The van der Waals surface area contributed by atoms with E-state index in [1.54, 1.807) is 0 Å². The van der Waals surface area contributed by atoms with E-state index in [0.29, 0.717) is 23.5 Å². The van der Waals surface area contributed by atoms with Gasteiger partial charge in [0, 0.05) is 32.3 Å². The second-order valence-electron chi connectivity index (χ2n) is 10.7. The van der Waals surface area contributed by atoms with Gasteiger partial charge in [0.25, 0.3) is 0 Å². The number of amides is 1. The van der Waals surface area contributed by atoms with E-state index in [1.807, 2.05) is 4.90 Å². The Morgan fingerprint density at radius 1 is 1.07 bits per heavy atom. The van der Waals surface area contributed by atoms with Gasteiger partial charge in [0.05, 0.1) is 0 Å². The maximum absolute atomic E-state index is 12.4. The van der Waals surface area contributed by atoms with E-state index in [4.69, 9.17) is 4.74 Å². The van der Waals surface area contributed by atoms with Crippen molar-refractivity contribution in [2.24, 2.45) is 10.8 Å². The van der Waals surface area contributed by atoms with Crippen molar-refractivity contribution < 1.29 is 9.53 Å². The molecular formula is C24H46N2O2. The summed E-state index contributed by atoms with van der Waals surface area (Å²) in [6, 6.07) is 0.400. The van der Waals surface area contributed by atoms with Crippen LogP contribution in [-0.4, -0.2) is 49.7 Å². The molecule has 0 bridgehead atoms. The Balaban J connectivity index is 2.15. The SMILES string of the molecule is CC(C)(C)CC/C=C/CNC1CCCN(C(=O)COCCCCC(C)(C)C)C1. The molecule has 28 heavy (non-hydrogen) atoms. The molecule has 1 aliphatic heterocycles. The lowest BCUT2D eigenvalue weighted by atomic mass is 9.90. The van der Waals surface area contributed by atoms with Crippen LogP contribution in [0.2, 0.25) is 0 Å². The van der Waals surface area contributed by atoms with Crippen LogP contribution in [0.25, 0.3) is 0 Å². The van der Waals surface area contributed by atoms with Crippen molar-refractivity contribution in [2.45, 2.75) is 92.5 Å². The molecule has 0 aromatic heterocycles. The Morgan fingerprint density at radius 2 is 1.79 bits per heavy atom. The van der Waals surface area contributed by atoms with Crippen LogP contribution >= 0.6 is 0 Å². The monoisotopic (exact) mass is 394 g/mol. The quantitative estimate of drug-likeness (QED) is 0.388. The first-order valence-corrected chi connectivity index (χ1v) is 11.3. The van der Waals surface area contributed by atoms with E-state index in [2.05, 4.69) is 59.0 Å².